The Kier molecular flexibility index (Phi) is 3.42. The minimum absolute atomic E-state index is 0.147. The molecule has 0 bridgehead atoms. The number of hydrogen-bond acceptors (Lipinski definition) is 4. The maximum absolute atomic E-state index is 5.89. The number of rotatable bonds is 2. The molecule has 4 nitrogen and oxygen atoms in total. The number of nitrogens with zero attached hydrogens (tertiary/aromatic N) is 2. The summed E-state index contributed by atoms with van der Waals surface area (Å²) in [5.74, 6) is 1.98. The number of benzene rings is 1. The standard InChI is InChI=1S/C15H19N3O/c1-15(2,3)14-17-11(9-13(16)18-14)10-7-5-6-8-12(10)19-4/h5-9H,1-4H3,(H2,16,17,18). The molecular formula is C15H19N3O. The summed E-state index contributed by atoms with van der Waals surface area (Å²) in [6.07, 6.45) is 0. The van der Waals surface area contributed by atoms with Crippen molar-refractivity contribution < 1.29 is 4.74 Å². The number of aromatic nitrogens is 2. The molecular weight excluding hydrogens is 238 g/mol. The molecule has 0 spiro atoms. The van der Waals surface area contributed by atoms with E-state index in [1.165, 1.54) is 0 Å². The van der Waals surface area contributed by atoms with Crippen molar-refractivity contribution in [1.29, 1.82) is 0 Å². The summed E-state index contributed by atoms with van der Waals surface area (Å²) in [5, 5.41) is 0. The van der Waals surface area contributed by atoms with Gasteiger partial charge in [0.15, 0.2) is 0 Å². The maximum Gasteiger partial charge on any atom is 0.136 e. The Morgan fingerprint density at radius 2 is 1.79 bits per heavy atom. The van der Waals surface area contributed by atoms with Crippen LogP contribution in [0, 0.1) is 0 Å². The van der Waals surface area contributed by atoms with Crippen LogP contribution in [0.3, 0.4) is 0 Å². The number of methoxy groups -OCH3 is 1. The van der Waals surface area contributed by atoms with E-state index < -0.39 is 0 Å². The van der Waals surface area contributed by atoms with Gasteiger partial charge in [-0.3, -0.25) is 0 Å². The summed E-state index contributed by atoms with van der Waals surface area (Å²) in [4.78, 5) is 8.92. The lowest BCUT2D eigenvalue weighted by atomic mass is 9.95. The Morgan fingerprint density at radius 1 is 1.11 bits per heavy atom. The first-order valence-corrected chi connectivity index (χ1v) is 6.20. The molecule has 0 atom stereocenters. The zero-order valence-electron chi connectivity index (χ0n) is 11.8. The normalized spacial score (nSPS) is 11.4. The summed E-state index contributed by atoms with van der Waals surface area (Å²) in [6, 6.07) is 9.52. The first-order valence-electron chi connectivity index (χ1n) is 6.20. The van der Waals surface area contributed by atoms with Gasteiger partial charge in [0, 0.05) is 17.0 Å². The van der Waals surface area contributed by atoms with Gasteiger partial charge in [0.05, 0.1) is 12.8 Å². The smallest absolute Gasteiger partial charge is 0.136 e. The topological polar surface area (TPSA) is 61.0 Å². The fourth-order valence-corrected chi connectivity index (χ4v) is 1.80. The van der Waals surface area contributed by atoms with E-state index in [-0.39, 0.29) is 5.41 Å². The monoisotopic (exact) mass is 257 g/mol. The lowest BCUT2D eigenvalue weighted by Gasteiger charge is -2.18. The average Bonchev–Trinajstić information content (AvgIpc) is 2.37. The fraction of sp³-hybridized carbons (Fsp3) is 0.333. The number of nitrogen functional groups attached to an aromatic ring is 1. The van der Waals surface area contributed by atoms with E-state index in [0.29, 0.717) is 5.82 Å². The van der Waals surface area contributed by atoms with Gasteiger partial charge < -0.3 is 10.5 Å². The van der Waals surface area contributed by atoms with Crippen molar-refractivity contribution in [3.63, 3.8) is 0 Å². The highest BCUT2D eigenvalue weighted by atomic mass is 16.5. The molecule has 2 N–H and O–H groups in total. The van der Waals surface area contributed by atoms with Gasteiger partial charge in [-0.05, 0) is 12.1 Å². The van der Waals surface area contributed by atoms with Crippen molar-refractivity contribution >= 4 is 5.82 Å². The van der Waals surface area contributed by atoms with Crippen LogP contribution in [0.25, 0.3) is 11.3 Å². The van der Waals surface area contributed by atoms with Crippen LogP contribution in [0.1, 0.15) is 26.6 Å². The van der Waals surface area contributed by atoms with E-state index in [0.717, 1.165) is 22.8 Å². The predicted octanol–water partition coefficient (Wildman–Crippen LogP) is 3.03. The molecule has 0 aliphatic heterocycles. The summed E-state index contributed by atoms with van der Waals surface area (Å²) >= 11 is 0. The van der Waals surface area contributed by atoms with Gasteiger partial charge in [-0.2, -0.15) is 0 Å². The Morgan fingerprint density at radius 3 is 2.42 bits per heavy atom. The molecule has 2 rings (SSSR count). The second-order valence-corrected chi connectivity index (χ2v) is 5.45. The van der Waals surface area contributed by atoms with E-state index in [1.807, 2.05) is 24.3 Å². The third-order valence-electron chi connectivity index (χ3n) is 2.80. The van der Waals surface area contributed by atoms with E-state index in [9.17, 15) is 0 Å². The van der Waals surface area contributed by atoms with Gasteiger partial charge in [0.2, 0.25) is 0 Å². The van der Waals surface area contributed by atoms with Crippen molar-refractivity contribution in [2.24, 2.45) is 0 Å². The van der Waals surface area contributed by atoms with Gasteiger partial charge in [-0.1, -0.05) is 32.9 Å². The van der Waals surface area contributed by atoms with Crippen LogP contribution in [-0.2, 0) is 5.41 Å². The molecule has 0 amide bonds. The summed E-state index contributed by atoms with van der Waals surface area (Å²) in [5.41, 5.74) is 7.45. The third-order valence-corrected chi connectivity index (χ3v) is 2.80. The molecule has 1 aromatic carbocycles. The van der Waals surface area contributed by atoms with Gasteiger partial charge in [-0.25, -0.2) is 9.97 Å². The van der Waals surface area contributed by atoms with E-state index in [1.54, 1.807) is 13.2 Å². The lowest BCUT2D eigenvalue weighted by Crippen LogP contribution is -2.17. The minimum atomic E-state index is -0.147. The molecule has 1 aromatic heterocycles. The van der Waals surface area contributed by atoms with Crippen LogP contribution >= 0.6 is 0 Å². The van der Waals surface area contributed by atoms with Crippen LogP contribution in [0.2, 0.25) is 0 Å². The van der Waals surface area contributed by atoms with E-state index in [4.69, 9.17) is 10.5 Å². The molecule has 0 saturated heterocycles. The fourth-order valence-electron chi connectivity index (χ4n) is 1.80. The average molecular weight is 257 g/mol. The van der Waals surface area contributed by atoms with Crippen molar-refractivity contribution in [2.75, 3.05) is 12.8 Å². The van der Waals surface area contributed by atoms with Crippen molar-refractivity contribution in [3.05, 3.63) is 36.2 Å². The SMILES string of the molecule is COc1ccccc1-c1cc(N)nc(C(C)(C)C)n1. The number of para-hydroxylation sites is 1. The maximum atomic E-state index is 5.89. The van der Waals surface area contributed by atoms with Gasteiger partial charge in [-0.15, -0.1) is 0 Å². The number of nitrogens with two attached hydrogens (primary N) is 1. The lowest BCUT2D eigenvalue weighted by molar-refractivity contribution is 0.416. The first kappa shape index (κ1) is 13.3. The van der Waals surface area contributed by atoms with Gasteiger partial charge in [0.25, 0.3) is 0 Å². The summed E-state index contributed by atoms with van der Waals surface area (Å²) in [6.45, 7) is 6.19. The van der Waals surface area contributed by atoms with Gasteiger partial charge in [0.1, 0.15) is 17.4 Å². The Hall–Kier alpha value is -2.10. The zero-order chi connectivity index (χ0) is 14.0. The first-order chi connectivity index (χ1) is 8.91. The zero-order valence-corrected chi connectivity index (χ0v) is 11.8. The van der Waals surface area contributed by atoms with Crippen LogP contribution in [0.5, 0.6) is 5.75 Å². The molecule has 2 aromatic rings. The molecule has 0 unspecified atom stereocenters. The molecule has 100 valence electrons. The van der Waals surface area contributed by atoms with Crippen molar-refractivity contribution in [2.45, 2.75) is 26.2 Å². The second-order valence-electron chi connectivity index (χ2n) is 5.45. The summed E-state index contributed by atoms with van der Waals surface area (Å²) in [7, 11) is 1.65. The van der Waals surface area contributed by atoms with Crippen LogP contribution in [0.15, 0.2) is 30.3 Å². The molecule has 1 heterocycles. The molecule has 0 radical (unpaired) electrons. The van der Waals surface area contributed by atoms with Gasteiger partial charge >= 0.3 is 0 Å². The summed E-state index contributed by atoms with van der Waals surface area (Å²) < 4.78 is 5.36. The predicted molar refractivity (Wildman–Crippen MR) is 77.1 cm³/mol. The van der Waals surface area contributed by atoms with Crippen LogP contribution in [-0.4, -0.2) is 17.1 Å². The Balaban J connectivity index is 2.60. The molecule has 4 heteroatoms. The Bertz CT molecular complexity index is 588. The quantitative estimate of drug-likeness (QED) is 0.898. The number of hydrogen-bond donors (Lipinski definition) is 1. The molecule has 0 aliphatic rings. The second kappa shape index (κ2) is 4.88. The van der Waals surface area contributed by atoms with Crippen LogP contribution < -0.4 is 10.5 Å². The minimum Gasteiger partial charge on any atom is -0.496 e. The molecule has 0 saturated carbocycles. The van der Waals surface area contributed by atoms with E-state index in [2.05, 4.69) is 30.7 Å². The largest absolute Gasteiger partial charge is 0.496 e. The molecule has 0 fully saturated rings. The number of anilines is 1. The number of ether oxygens (including phenoxy) is 1. The van der Waals surface area contributed by atoms with Crippen molar-refractivity contribution in [1.82, 2.24) is 9.97 Å². The highest BCUT2D eigenvalue weighted by Crippen LogP contribution is 2.30. The van der Waals surface area contributed by atoms with Crippen LogP contribution in [0.4, 0.5) is 5.82 Å². The Labute approximate surface area is 113 Å². The highest BCUT2D eigenvalue weighted by molar-refractivity contribution is 5.68. The van der Waals surface area contributed by atoms with Crippen molar-refractivity contribution in [3.8, 4) is 17.0 Å². The molecule has 0 aliphatic carbocycles. The van der Waals surface area contributed by atoms with E-state index >= 15 is 0 Å². The third kappa shape index (κ3) is 2.84. The molecule has 19 heavy (non-hydrogen) atoms. The highest BCUT2D eigenvalue weighted by Gasteiger charge is 2.19.